The van der Waals surface area contributed by atoms with E-state index < -0.39 is 11.9 Å². The van der Waals surface area contributed by atoms with E-state index in [2.05, 4.69) is 10.4 Å². The molecule has 0 atom stereocenters. The van der Waals surface area contributed by atoms with Crippen LogP contribution >= 0.6 is 0 Å². The van der Waals surface area contributed by atoms with Gasteiger partial charge in [-0.05, 0) is 12.5 Å². The molecular formula is C12H14N4O3. The van der Waals surface area contributed by atoms with Crippen LogP contribution in [0.4, 0.5) is 0 Å². The number of hydrogen-bond acceptors (Lipinski definition) is 4. The zero-order valence-electron chi connectivity index (χ0n) is 10.7. The molecule has 0 aromatic carbocycles. The number of carboxylic acid groups (broad SMARTS) is 1. The van der Waals surface area contributed by atoms with Crippen LogP contribution in [0.3, 0.4) is 0 Å². The minimum absolute atomic E-state index is 0.0569. The van der Waals surface area contributed by atoms with Gasteiger partial charge in [0.05, 0.1) is 11.9 Å². The Bertz CT molecular complexity index is 566. The van der Waals surface area contributed by atoms with E-state index in [0.717, 1.165) is 6.42 Å². The predicted octanol–water partition coefficient (Wildman–Crippen LogP) is 0.551. The number of rotatable bonds is 5. The molecular weight excluding hydrogens is 248 g/mol. The summed E-state index contributed by atoms with van der Waals surface area (Å²) in [6.45, 7) is 2.34. The largest absolute Gasteiger partial charge is 0.478 e. The van der Waals surface area contributed by atoms with Crippen molar-refractivity contribution >= 4 is 18.0 Å². The van der Waals surface area contributed by atoms with Gasteiger partial charge in [0.15, 0.2) is 0 Å². The van der Waals surface area contributed by atoms with E-state index in [1.54, 1.807) is 6.07 Å². The van der Waals surface area contributed by atoms with Crippen molar-refractivity contribution < 1.29 is 14.7 Å². The molecule has 1 rings (SSSR count). The molecule has 0 saturated carbocycles. The number of amides is 1. The van der Waals surface area contributed by atoms with Crippen molar-refractivity contribution in [1.29, 1.82) is 5.26 Å². The third kappa shape index (κ3) is 3.42. The van der Waals surface area contributed by atoms with Gasteiger partial charge in [-0.2, -0.15) is 10.4 Å². The monoisotopic (exact) mass is 262 g/mol. The molecule has 19 heavy (non-hydrogen) atoms. The Morgan fingerprint density at radius 2 is 2.32 bits per heavy atom. The van der Waals surface area contributed by atoms with E-state index in [-0.39, 0.29) is 16.8 Å². The molecule has 7 heteroatoms. The highest BCUT2D eigenvalue weighted by molar-refractivity contribution is 6.03. The standard InChI is InChI=1S/C12H14N4O3/c1-3-4-14-11(17)8(6-13)5-10-9(12(18)19)7-15-16(10)2/h5,7H,3-4H2,1-2H3,(H,14,17)(H,18,19). The minimum atomic E-state index is -1.16. The first-order valence-electron chi connectivity index (χ1n) is 5.66. The third-order valence-corrected chi connectivity index (χ3v) is 2.40. The van der Waals surface area contributed by atoms with Crippen molar-refractivity contribution in [2.75, 3.05) is 6.54 Å². The average molecular weight is 262 g/mol. The number of carboxylic acids is 1. The molecule has 0 saturated heterocycles. The quantitative estimate of drug-likeness (QED) is 0.595. The Kier molecular flexibility index (Phi) is 4.83. The Labute approximate surface area is 110 Å². The summed E-state index contributed by atoms with van der Waals surface area (Å²) in [7, 11) is 1.54. The van der Waals surface area contributed by atoms with Crippen LogP contribution in [-0.4, -0.2) is 33.3 Å². The number of carbonyl (C=O) groups is 2. The van der Waals surface area contributed by atoms with Crippen molar-refractivity contribution in [2.24, 2.45) is 7.05 Å². The zero-order valence-corrected chi connectivity index (χ0v) is 10.7. The number of nitriles is 1. The highest BCUT2D eigenvalue weighted by Crippen LogP contribution is 2.12. The van der Waals surface area contributed by atoms with Crippen LogP contribution in [0.2, 0.25) is 0 Å². The molecule has 1 aromatic heterocycles. The van der Waals surface area contributed by atoms with Crippen LogP contribution in [0, 0.1) is 11.3 Å². The molecule has 2 N–H and O–H groups in total. The van der Waals surface area contributed by atoms with Crippen LogP contribution in [0.1, 0.15) is 29.4 Å². The van der Waals surface area contributed by atoms with Gasteiger partial charge in [0.25, 0.3) is 5.91 Å². The average Bonchev–Trinajstić information content (AvgIpc) is 2.74. The third-order valence-electron chi connectivity index (χ3n) is 2.40. The fraction of sp³-hybridized carbons (Fsp3) is 0.333. The van der Waals surface area contributed by atoms with Crippen molar-refractivity contribution in [1.82, 2.24) is 15.1 Å². The molecule has 7 nitrogen and oxygen atoms in total. The number of aromatic carboxylic acids is 1. The maximum Gasteiger partial charge on any atom is 0.339 e. The molecule has 0 spiro atoms. The Hall–Kier alpha value is -2.62. The zero-order chi connectivity index (χ0) is 14.4. The summed E-state index contributed by atoms with van der Waals surface area (Å²) in [5.41, 5.74) is -0.00575. The second-order valence-electron chi connectivity index (χ2n) is 3.80. The molecule has 0 bridgehead atoms. The molecule has 0 aliphatic rings. The molecule has 100 valence electrons. The van der Waals surface area contributed by atoms with E-state index in [1.807, 2.05) is 6.92 Å². The highest BCUT2D eigenvalue weighted by Gasteiger charge is 2.16. The summed E-state index contributed by atoms with van der Waals surface area (Å²) in [6.07, 6.45) is 3.14. The SMILES string of the molecule is CCCNC(=O)C(C#N)=Cc1c(C(=O)O)cnn1C. The summed E-state index contributed by atoms with van der Waals surface area (Å²) in [5.74, 6) is -1.69. The number of nitrogens with zero attached hydrogens (tertiary/aromatic N) is 3. The fourth-order valence-corrected chi connectivity index (χ4v) is 1.40. The lowest BCUT2D eigenvalue weighted by Crippen LogP contribution is -2.25. The first kappa shape index (κ1) is 14.4. The van der Waals surface area contributed by atoms with Crippen molar-refractivity contribution in [3.63, 3.8) is 0 Å². The molecule has 0 aliphatic heterocycles. The highest BCUT2D eigenvalue weighted by atomic mass is 16.4. The predicted molar refractivity (Wildman–Crippen MR) is 67.1 cm³/mol. The molecule has 0 unspecified atom stereocenters. The van der Waals surface area contributed by atoms with Gasteiger partial charge in [-0.15, -0.1) is 0 Å². The van der Waals surface area contributed by atoms with Gasteiger partial charge in [0, 0.05) is 13.6 Å². The summed E-state index contributed by atoms with van der Waals surface area (Å²) in [5, 5.41) is 24.3. The van der Waals surface area contributed by atoms with Crippen molar-refractivity contribution in [2.45, 2.75) is 13.3 Å². The van der Waals surface area contributed by atoms with Gasteiger partial charge >= 0.3 is 5.97 Å². The van der Waals surface area contributed by atoms with E-state index in [4.69, 9.17) is 10.4 Å². The van der Waals surface area contributed by atoms with E-state index in [1.165, 1.54) is 24.0 Å². The topological polar surface area (TPSA) is 108 Å². The lowest BCUT2D eigenvalue weighted by molar-refractivity contribution is -0.117. The second-order valence-corrected chi connectivity index (χ2v) is 3.80. The lowest BCUT2D eigenvalue weighted by atomic mass is 10.1. The summed E-state index contributed by atoms with van der Waals surface area (Å²) in [6, 6.07) is 1.76. The number of hydrogen-bond donors (Lipinski definition) is 2. The van der Waals surface area contributed by atoms with Crippen LogP contribution in [-0.2, 0) is 11.8 Å². The summed E-state index contributed by atoms with van der Waals surface area (Å²) in [4.78, 5) is 22.7. The molecule has 0 aliphatic carbocycles. The number of aryl methyl sites for hydroxylation is 1. The fourth-order valence-electron chi connectivity index (χ4n) is 1.40. The second kappa shape index (κ2) is 6.35. The molecule has 0 fully saturated rings. The Balaban J connectivity index is 3.12. The van der Waals surface area contributed by atoms with E-state index in [0.29, 0.717) is 6.54 Å². The number of aromatic nitrogens is 2. The van der Waals surface area contributed by atoms with Gasteiger partial charge in [0.1, 0.15) is 17.2 Å². The number of nitrogens with one attached hydrogen (secondary N) is 1. The van der Waals surface area contributed by atoms with Crippen molar-refractivity contribution in [3.8, 4) is 6.07 Å². The van der Waals surface area contributed by atoms with Crippen LogP contribution < -0.4 is 5.32 Å². The first-order valence-corrected chi connectivity index (χ1v) is 5.66. The Morgan fingerprint density at radius 3 is 2.84 bits per heavy atom. The van der Waals surface area contributed by atoms with Gasteiger partial charge < -0.3 is 10.4 Å². The van der Waals surface area contributed by atoms with Crippen molar-refractivity contribution in [3.05, 3.63) is 23.0 Å². The smallest absolute Gasteiger partial charge is 0.339 e. The van der Waals surface area contributed by atoms with Crippen LogP contribution in [0.5, 0.6) is 0 Å². The number of carbonyl (C=O) groups excluding carboxylic acids is 1. The lowest BCUT2D eigenvalue weighted by Gasteiger charge is -2.02. The van der Waals surface area contributed by atoms with Gasteiger partial charge in [-0.3, -0.25) is 9.48 Å². The Morgan fingerprint density at radius 1 is 1.63 bits per heavy atom. The van der Waals surface area contributed by atoms with Gasteiger partial charge in [-0.1, -0.05) is 6.92 Å². The normalized spacial score (nSPS) is 10.9. The van der Waals surface area contributed by atoms with Crippen LogP contribution in [0.15, 0.2) is 11.8 Å². The summed E-state index contributed by atoms with van der Waals surface area (Å²) < 4.78 is 1.30. The molecule has 1 heterocycles. The molecule has 1 amide bonds. The van der Waals surface area contributed by atoms with E-state index >= 15 is 0 Å². The van der Waals surface area contributed by atoms with Gasteiger partial charge in [0.2, 0.25) is 0 Å². The minimum Gasteiger partial charge on any atom is -0.478 e. The summed E-state index contributed by atoms with van der Waals surface area (Å²) >= 11 is 0. The van der Waals surface area contributed by atoms with Crippen LogP contribution in [0.25, 0.3) is 6.08 Å². The first-order chi connectivity index (χ1) is 9.01. The maximum absolute atomic E-state index is 11.7. The van der Waals surface area contributed by atoms with Gasteiger partial charge in [-0.25, -0.2) is 4.79 Å². The van der Waals surface area contributed by atoms with E-state index in [9.17, 15) is 9.59 Å². The maximum atomic E-state index is 11.7. The molecule has 1 aromatic rings. The molecule has 0 radical (unpaired) electrons.